The van der Waals surface area contributed by atoms with Crippen LogP contribution in [0.25, 0.3) is 0 Å². The highest BCUT2D eigenvalue weighted by atomic mass is 16.3. The second-order valence-corrected chi connectivity index (χ2v) is 4.36. The van der Waals surface area contributed by atoms with Gasteiger partial charge in [0.05, 0.1) is 0 Å². The fraction of sp³-hybridized carbons (Fsp3) is 0.200. The molecule has 0 aliphatic rings. The molecule has 0 spiro atoms. The van der Waals surface area contributed by atoms with Gasteiger partial charge in [-0.25, -0.2) is 5.43 Å². The van der Waals surface area contributed by atoms with Crippen LogP contribution < -0.4 is 5.43 Å². The molecule has 0 atom stereocenters. The van der Waals surface area contributed by atoms with Crippen molar-refractivity contribution >= 4 is 11.6 Å². The van der Waals surface area contributed by atoms with Crippen molar-refractivity contribution in [3.05, 3.63) is 59.0 Å². The normalized spacial score (nSPS) is 11.4. The number of aryl methyl sites for hydroxylation is 2. The van der Waals surface area contributed by atoms with Crippen molar-refractivity contribution in [2.45, 2.75) is 20.8 Å². The average molecular weight is 256 g/mol. The Morgan fingerprint density at radius 2 is 1.89 bits per heavy atom. The summed E-state index contributed by atoms with van der Waals surface area (Å²) in [6, 6.07) is 11.1. The maximum absolute atomic E-state index is 12.0. The minimum atomic E-state index is -0.222. The highest BCUT2D eigenvalue weighted by molar-refractivity contribution is 5.99. The molecule has 1 heterocycles. The van der Waals surface area contributed by atoms with Gasteiger partial charge in [0.15, 0.2) is 0 Å². The lowest BCUT2D eigenvalue weighted by Crippen LogP contribution is -2.20. The summed E-state index contributed by atoms with van der Waals surface area (Å²) in [6.07, 6.45) is 0. The Morgan fingerprint density at radius 1 is 1.16 bits per heavy atom. The second kappa shape index (κ2) is 5.52. The summed E-state index contributed by atoms with van der Waals surface area (Å²) in [5.41, 5.74) is 4.71. The number of hydrazone groups is 1. The van der Waals surface area contributed by atoms with Gasteiger partial charge in [-0.2, -0.15) is 5.10 Å². The number of carbonyl (C=O) groups excluding carboxylic acids is 1. The first kappa shape index (κ1) is 13.1. The number of hydrogen-bond donors (Lipinski definition) is 1. The highest BCUT2D eigenvalue weighted by Crippen LogP contribution is 2.08. The van der Waals surface area contributed by atoms with Crippen molar-refractivity contribution in [2.24, 2.45) is 5.10 Å². The van der Waals surface area contributed by atoms with Crippen molar-refractivity contribution in [3.63, 3.8) is 0 Å². The van der Waals surface area contributed by atoms with Crippen LogP contribution in [0.5, 0.6) is 0 Å². The standard InChI is InChI=1S/C15H16N2O2/c1-10-6-4-5-7-13(10)15(18)17-16-12(3)14-9-8-11(2)19-14/h4-9H,1-3H3,(H,17,18)/b16-12-. The number of amides is 1. The van der Waals surface area contributed by atoms with Crippen molar-refractivity contribution in [3.8, 4) is 0 Å². The number of nitrogens with zero attached hydrogens (tertiary/aromatic N) is 1. The van der Waals surface area contributed by atoms with Gasteiger partial charge in [0.1, 0.15) is 17.2 Å². The van der Waals surface area contributed by atoms with Crippen LogP contribution in [0.15, 0.2) is 45.9 Å². The van der Waals surface area contributed by atoms with Crippen LogP contribution in [0, 0.1) is 13.8 Å². The summed E-state index contributed by atoms with van der Waals surface area (Å²) in [4.78, 5) is 12.0. The Hall–Kier alpha value is -2.36. The number of nitrogens with one attached hydrogen (secondary N) is 1. The van der Waals surface area contributed by atoms with Crippen molar-refractivity contribution in [1.82, 2.24) is 5.43 Å². The molecule has 0 bridgehead atoms. The van der Waals surface area contributed by atoms with Crippen molar-refractivity contribution < 1.29 is 9.21 Å². The zero-order chi connectivity index (χ0) is 13.8. The van der Waals surface area contributed by atoms with Crippen molar-refractivity contribution in [1.29, 1.82) is 0 Å². The number of carbonyl (C=O) groups is 1. The predicted octanol–water partition coefficient (Wildman–Crippen LogP) is 3.05. The Bertz CT molecular complexity index is 627. The summed E-state index contributed by atoms with van der Waals surface area (Å²) in [5.74, 6) is 1.25. The average Bonchev–Trinajstić information content (AvgIpc) is 2.83. The van der Waals surface area contributed by atoms with E-state index < -0.39 is 0 Å². The van der Waals surface area contributed by atoms with Crippen LogP contribution in [0.4, 0.5) is 0 Å². The number of furan rings is 1. The Morgan fingerprint density at radius 3 is 2.53 bits per heavy atom. The number of benzene rings is 1. The molecule has 1 amide bonds. The Balaban J connectivity index is 2.10. The first-order chi connectivity index (χ1) is 9.08. The molecule has 1 aromatic heterocycles. The maximum Gasteiger partial charge on any atom is 0.271 e. The minimum Gasteiger partial charge on any atom is -0.460 e. The summed E-state index contributed by atoms with van der Waals surface area (Å²) in [5, 5.41) is 4.05. The molecule has 0 aliphatic carbocycles. The van der Waals surface area contributed by atoms with E-state index in [9.17, 15) is 4.79 Å². The van der Waals surface area contributed by atoms with Gasteiger partial charge in [-0.1, -0.05) is 18.2 Å². The molecule has 4 heteroatoms. The second-order valence-electron chi connectivity index (χ2n) is 4.36. The number of hydrogen-bond acceptors (Lipinski definition) is 3. The minimum absolute atomic E-state index is 0.222. The van der Waals surface area contributed by atoms with E-state index >= 15 is 0 Å². The van der Waals surface area contributed by atoms with Gasteiger partial charge < -0.3 is 4.42 Å². The largest absolute Gasteiger partial charge is 0.460 e. The van der Waals surface area contributed by atoms with Gasteiger partial charge in [0.2, 0.25) is 0 Å². The third-order valence-electron chi connectivity index (χ3n) is 2.81. The Labute approximate surface area is 112 Å². The van der Waals surface area contributed by atoms with E-state index in [4.69, 9.17) is 4.42 Å². The van der Waals surface area contributed by atoms with Gasteiger partial charge in [-0.15, -0.1) is 0 Å². The third kappa shape index (κ3) is 3.10. The summed E-state index contributed by atoms with van der Waals surface area (Å²) < 4.78 is 5.42. The summed E-state index contributed by atoms with van der Waals surface area (Å²) in [7, 11) is 0. The van der Waals surface area contributed by atoms with Crippen LogP contribution >= 0.6 is 0 Å². The molecule has 1 N–H and O–H groups in total. The smallest absolute Gasteiger partial charge is 0.271 e. The van der Waals surface area contributed by atoms with E-state index in [1.54, 1.807) is 13.0 Å². The molecule has 0 radical (unpaired) electrons. The van der Waals surface area contributed by atoms with Crippen molar-refractivity contribution in [2.75, 3.05) is 0 Å². The van der Waals surface area contributed by atoms with Gasteiger partial charge in [0.25, 0.3) is 5.91 Å². The lowest BCUT2D eigenvalue weighted by atomic mass is 10.1. The molecular weight excluding hydrogens is 240 g/mol. The van der Waals surface area contributed by atoms with E-state index in [2.05, 4.69) is 10.5 Å². The zero-order valence-corrected chi connectivity index (χ0v) is 11.2. The molecule has 4 nitrogen and oxygen atoms in total. The Kier molecular flexibility index (Phi) is 3.80. The highest BCUT2D eigenvalue weighted by Gasteiger charge is 2.08. The molecule has 0 fully saturated rings. The molecule has 1 aromatic carbocycles. The van der Waals surface area contributed by atoms with Gasteiger partial charge in [-0.3, -0.25) is 4.79 Å². The first-order valence-corrected chi connectivity index (χ1v) is 6.05. The quantitative estimate of drug-likeness (QED) is 0.677. The third-order valence-corrected chi connectivity index (χ3v) is 2.81. The summed E-state index contributed by atoms with van der Waals surface area (Å²) >= 11 is 0. The van der Waals surface area contributed by atoms with Crippen LogP contribution in [-0.4, -0.2) is 11.6 Å². The molecule has 98 valence electrons. The van der Waals surface area contributed by atoms with E-state index in [1.807, 2.05) is 44.2 Å². The molecule has 2 aromatic rings. The van der Waals surface area contributed by atoms with Gasteiger partial charge >= 0.3 is 0 Å². The van der Waals surface area contributed by atoms with Crippen LogP contribution in [0.1, 0.15) is 34.4 Å². The molecule has 0 saturated carbocycles. The van der Waals surface area contributed by atoms with Crippen LogP contribution in [0.3, 0.4) is 0 Å². The number of rotatable bonds is 3. The zero-order valence-electron chi connectivity index (χ0n) is 11.2. The van der Waals surface area contributed by atoms with E-state index in [0.717, 1.165) is 11.3 Å². The SMILES string of the molecule is C/C(=N/NC(=O)c1ccccc1C)c1ccc(C)o1. The molecule has 2 rings (SSSR count). The molecule has 19 heavy (non-hydrogen) atoms. The van der Waals surface area contributed by atoms with E-state index in [-0.39, 0.29) is 5.91 Å². The first-order valence-electron chi connectivity index (χ1n) is 6.05. The van der Waals surface area contributed by atoms with Crippen LogP contribution in [0.2, 0.25) is 0 Å². The van der Waals surface area contributed by atoms with E-state index in [1.165, 1.54) is 0 Å². The molecule has 0 aliphatic heterocycles. The molecular formula is C15H16N2O2. The lowest BCUT2D eigenvalue weighted by molar-refractivity contribution is 0.0954. The van der Waals surface area contributed by atoms with Crippen LogP contribution in [-0.2, 0) is 0 Å². The fourth-order valence-electron chi connectivity index (χ4n) is 1.71. The summed E-state index contributed by atoms with van der Waals surface area (Å²) in [6.45, 7) is 5.54. The lowest BCUT2D eigenvalue weighted by Gasteiger charge is -2.04. The fourth-order valence-corrected chi connectivity index (χ4v) is 1.71. The molecule has 0 unspecified atom stereocenters. The van der Waals surface area contributed by atoms with Gasteiger partial charge in [0, 0.05) is 5.56 Å². The van der Waals surface area contributed by atoms with Gasteiger partial charge in [-0.05, 0) is 44.5 Å². The maximum atomic E-state index is 12.0. The topological polar surface area (TPSA) is 54.6 Å². The monoisotopic (exact) mass is 256 g/mol. The van der Waals surface area contributed by atoms with E-state index in [0.29, 0.717) is 17.0 Å². The molecule has 0 saturated heterocycles. The predicted molar refractivity (Wildman–Crippen MR) is 74.3 cm³/mol.